The first-order chi connectivity index (χ1) is 9.16. The van der Waals surface area contributed by atoms with E-state index in [2.05, 4.69) is 0 Å². The van der Waals surface area contributed by atoms with E-state index < -0.39 is 0 Å². The number of furan rings is 1. The molecule has 4 heteroatoms. The number of halogens is 2. The largest absolute Gasteiger partial charge is 0.453 e. The van der Waals surface area contributed by atoms with Crippen LogP contribution in [0.4, 0.5) is 0 Å². The van der Waals surface area contributed by atoms with Crippen LogP contribution in [0.5, 0.6) is 0 Å². The van der Waals surface area contributed by atoms with Gasteiger partial charge in [-0.25, -0.2) is 0 Å². The number of hydrogen-bond donors (Lipinski definition) is 0. The van der Waals surface area contributed by atoms with Crippen molar-refractivity contribution in [3.63, 3.8) is 0 Å². The first-order valence-corrected chi connectivity index (χ1v) is 6.39. The van der Waals surface area contributed by atoms with Gasteiger partial charge >= 0.3 is 0 Å². The first-order valence-electron chi connectivity index (χ1n) is 5.64. The number of hydrogen-bond acceptors (Lipinski definition) is 2. The zero-order valence-electron chi connectivity index (χ0n) is 9.69. The molecule has 0 atom stereocenters. The van der Waals surface area contributed by atoms with Crippen molar-refractivity contribution in [3.05, 3.63) is 69.9 Å². The minimum atomic E-state index is -0.313. The summed E-state index contributed by atoms with van der Waals surface area (Å²) in [4.78, 5) is 12.4. The van der Waals surface area contributed by atoms with E-state index in [1.165, 1.54) is 0 Å². The molecule has 0 amide bonds. The van der Waals surface area contributed by atoms with Gasteiger partial charge in [0.05, 0.1) is 15.6 Å². The summed E-state index contributed by atoms with van der Waals surface area (Å²) >= 11 is 12.1. The van der Waals surface area contributed by atoms with Crippen LogP contribution in [-0.4, -0.2) is 5.78 Å². The van der Waals surface area contributed by atoms with Crippen molar-refractivity contribution in [2.24, 2.45) is 0 Å². The molecular formula is C15H8Cl2O2. The molecule has 0 fully saturated rings. The molecule has 0 unspecified atom stereocenters. The van der Waals surface area contributed by atoms with Crippen molar-refractivity contribution in [2.75, 3.05) is 0 Å². The third-order valence-electron chi connectivity index (χ3n) is 2.84. The SMILES string of the molecule is O=C(c1cc2ccccc2o1)c1c(Cl)cccc1Cl. The second-order valence-corrected chi connectivity index (χ2v) is 4.89. The van der Waals surface area contributed by atoms with Gasteiger partial charge in [-0.3, -0.25) is 4.79 Å². The predicted molar refractivity (Wildman–Crippen MR) is 76.1 cm³/mol. The van der Waals surface area contributed by atoms with Gasteiger partial charge in [0.1, 0.15) is 5.58 Å². The highest BCUT2D eigenvalue weighted by atomic mass is 35.5. The highest BCUT2D eigenvalue weighted by Crippen LogP contribution is 2.29. The van der Waals surface area contributed by atoms with Crippen molar-refractivity contribution >= 4 is 40.0 Å². The molecule has 0 aliphatic carbocycles. The fraction of sp³-hybridized carbons (Fsp3) is 0. The van der Waals surface area contributed by atoms with Crippen molar-refractivity contribution in [2.45, 2.75) is 0 Å². The molecule has 3 rings (SSSR count). The number of para-hydroxylation sites is 1. The van der Waals surface area contributed by atoms with Crippen LogP contribution in [0.25, 0.3) is 11.0 Å². The number of benzene rings is 2. The quantitative estimate of drug-likeness (QED) is 0.624. The fourth-order valence-electron chi connectivity index (χ4n) is 1.93. The monoisotopic (exact) mass is 290 g/mol. The zero-order valence-corrected chi connectivity index (χ0v) is 11.2. The molecule has 2 aromatic carbocycles. The number of fused-ring (bicyclic) bond motifs is 1. The summed E-state index contributed by atoms with van der Waals surface area (Å²) in [7, 11) is 0. The van der Waals surface area contributed by atoms with Gasteiger partial charge in [0.2, 0.25) is 5.78 Å². The second-order valence-electron chi connectivity index (χ2n) is 4.07. The normalized spacial score (nSPS) is 10.8. The highest BCUT2D eigenvalue weighted by Gasteiger charge is 2.20. The highest BCUT2D eigenvalue weighted by molar-refractivity contribution is 6.40. The first kappa shape index (κ1) is 12.3. The zero-order chi connectivity index (χ0) is 13.4. The molecule has 0 aliphatic heterocycles. The summed E-state index contributed by atoms with van der Waals surface area (Å²) in [5.41, 5.74) is 0.930. The van der Waals surface area contributed by atoms with E-state index in [1.807, 2.05) is 18.2 Å². The van der Waals surface area contributed by atoms with Crippen molar-refractivity contribution < 1.29 is 9.21 Å². The Morgan fingerprint density at radius 1 is 0.947 bits per heavy atom. The van der Waals surface area contributed by atoms with Crippen LogP contribution in [0.3, 0.4) is 0 Å². The van der Waals surface area contributed by atoms with Crippen LogP contribution < -0.4 is 0 Å². The van der Waals surface area contributed by atoms with E-state index in [4.69, 9.17) is 27.6 Å². The maximum Gasteiger partial charge on any atom is 0.231 e. The second kappa shape index (κ2) is 4.72. The molecule has 0 saturated heterocycles. The minimum absolute atomic E-state index is 0.233. The molecule has 3 aromatic rings. The Kier molecular flexibility index (Phi) is 3.05. The van der Waals surface area contributed by atoms with Crippen LogP contribution in [0.2, 0.25) is 10.0 Å². The number of ketones is 1. The molecule has 2 nitrogen and oxygen atoms in total. The van der Waals surface area contributed by atoms with Crippen LogP contribution in [0.1, 0.15) is 16.1 Å². The van der Waals surface area contributed by atoms with E-state index in [0.29, 0.717) is 15.6 Å². The van der Waals surface area contributed by atoms with E-state index >= 15 is 0 Å². The Bertz CT molecular complexity index is 721. The third-order valence-corrected chi connectivity index (χ3v) is 3.47. The lowest BCUT2D eigenvalue weighted by Gasteiger charge is -2.03. The molecule has 1 heterocycles. The summed E-state index contributed by atoms with van der Waals surface area (Å²) in [5.74, 6) is -0.0806. The summed E-state index contributed by atoms with van der Waals surface area (Å²) in [6.07, 6.45) is 0. The lowest BCUT2D eigenvalue weighted by Crippen LogP contribution is -2.01. The summed E-state index contributed by atoms with van der Waals surface area (Å²) in [6.45, 7) is 0. The van der Waals surface area contributed by atoms with Gasteiger partial charge in [-0.05, 0) is 24.3 Å². The molecule has 0 bridgehead atoms. The van der Waals surface area contributed by atoms with Crippen LogP contribution in [0.15, 0.2) is 52.9 Å². The molecule has 0 radical (unpaired) electrons. The Balaban J connectivity index is 2.13. The van der Waals surface area contributed by atoms with E-state index in [9.17, 15) is 4.79 Å². The van der Waals surface area contributed by atoms with Gasteiger partial charge in [-0.2, -0.15) is 0 Å². The number of carbonyl (C=O) groups excluding carboxylic acids is 1. The lowest BCUT2D eigenvalue weighted by atomic mass is 10.1. The van der Waals surface area contributed by atoms with Gasteiger partial charge in [-0.1, -0.05) is 47.5 Å². The Morgan fingerprint density at radius 3 is 2.32 bits per heavy atom. The number of rotatable bonds is 2. The third kappa shape index (κ3) is 2.14. The average molecular weight is 291 g/mol. The van der Waals surface area contributed by atoms with Crippen LogP contribution in [0, 0.1) is 0 Å². The van der Waals surface area contributed by atoms with Crippen molar-refractivity contribution in [3.8, 4) is 0 Å². The molecule has 1 aromatic heterocycles. The minimum Gasteiger partial charge on any atom is -0.453 e. The standard InChI is InChI=1S/C15H8Cl2O2/c16-10-5-3-6-11(17)14(10)15(18)13-8-9-4-1-2-7-12(9)19-13/h1-8H. The Hall–Kier alpha value is -1.77. The summed E-state index contributed by atoms with van der Waals surface area (Å²) < 4.78 is 5.53. The van der Waals surface area contributed by atoms with E-state index in [1.54, 1.807) is 30.3 Å². The maximum atomic E-state index is 12.4. The maximum absolute atomic E-state index is 12.4. The molecule has 0 saturated carbocycles. The van der Waals surface area contributed by atoms with Crippen molar-refractivity contribution in [1.82, 2.24) is 0 Å². The average Bonchev–Trinajstić information content (AvgIpc) is 2.82. The van der Waals surface area contributed by atoms with Gasteiger partial charge in [0.15, 0.2) is 5.76 Å². The topological polar surface area (TPSA) is 30.2 Å². The van der Waals surface area contributed by atoms with Gasteiger partial charge in [0.25, 0.3) is 0 Å². The van der Waals surface area contributed by atoms with Crippen LogP contribution >= 0.6 is 23.2 Å². The summed E-state index contributed by atoms with van der Waals surface area (Å²) in [6, 6.07) is 14.1. The predicted octanol–water partition coefficient (Wildman–Crippen LogP) is 4.97. The number of carbonyl (C=O) groups is 1. The van der Waals surface area contributed by atoms with Crippen molar-refractivity contribution in [1.29, 1.82) is 0 Å². The Morgan fingerprint density at radius 2 is 1.63 bits per heavy atom. The lowest BCUT2D eigenvalue weighted by molar-refractivity contribution is 0.101. The molecule has 19 heavy (non-hydrogen) atoms. The van der Waals surface area contributed by atoms with Crippen LogP contribution in [-0.2, 0) is 0 Å². The molecule has 0 aliphatic rings. The van der Waals surface area contributed by atoms with Gasteiger partial charge in [0, 0.05) is 5.39 Å². The molecule has 0 spiro atoms. The van der Waals surface area contributed by atoms with Gasteiger partial charge < -0.3 is 4.42 Å². The van der Waals surface area contributed by atoms with E-state index in [-0.39, 0.29) is 17.1 Å². The summed E-state index contributed by atoms with van der Waals surface area (Å²) in [5, 5.41) is 1.50. The fourth-order valence-corrected chi connectivity index (χ4v) is 2.50. The molecule has 94 valence electrons. The van der Waals surface area contributed by atoms with E-state index in [0.717, 1.165) is 5.39 Å². The smallest absolute Gasteiger partial charge is 0.231 e. The Labute approximate surface area is 119 Å². The molecular weight excluding hydrogens is 283 g/mol. The van der Waals surface area contributed by atoms with Gasteiger partial charge in [-0.15, -0.1) is 0 Å². The molecule has 0 N–H and O–H groups in total.